The summed E-state index contributed by atoms with van der Waals surface area (Å²) in [6, 6.07) is 44.9. The minimum atomic E-state index is -0.149. The molecule has 10 rings (SSSR count). The van der Waals surface area contributed by atoms with E-state index >= 15 is 0 Å². The molecule has 8 aromatic rings. The summed E-state index contributed by atoms with van der Waals surface area (Å²) < 4.78 is 0. The smallest absolute Gasteiger partial charge is 0.154 e. The average Bonchev–Trinajstić information content (AvgIpc) is 4.28. The molecule has 5 aromatic carbocycles. The molecule has 8 bridgehead atoms. The van der Waals surface area contributed by atoms with Gasteiger partial charge in [0.05, 0.1) is 33.9 Å². The van der Waals surface area contributed by atoms with Gasteiger partial charge in [-0.2, -0.15) is 0 Å². The fraction of sp³-hybridized carbons (Fsp3) is 0.329. The molecule has 2 aliphatic rings. The van der Waals surface area contributed by atoms with Crippen molar-refractivity contribution >= 4 is 62.9 Å². The van der Waals surface area contributed by atoms with Gasteiger partial charge in [-0.15, -0.1) is 0 Å². The lowest BCUT2D eigenvalue weighted by Gasteiger charge is -2.26. The van der Waals surface area contributed by atoms with Crippen LogP contribution in [0.25, 0.3) is 90.0 Å². The van der Waals surface area contributed by atoms with E-state index in [-0.39, 0.29) is 32.5 Å². The zero-order chi connectivity index (χ0) is 56.2. The number of aromatic nitrogens is 4. The molecular formula is C73H80N4O. The van der Waals surface area contributed by atoms with Crippen LogP contribution >= 0.6 is 0 Å². The summed E-state index contributed by atoms with van der Waals surface area (Å²) in [5, 5.41) is 2.26. The monoisotopic (exact) mass is 1030 g/mol. The molecule has 0 fully saturated rings. The molecule has 0 amide bonds. The second kappa shape index (κ2) is 18.9. The third kappa shape index (κ3) is 10.4. The Morgan fingerprint density at radius 1 is 0.359 bits per heavy atom. The highest BCUT2D eigenvalue weighted by Crippen LogP contribution is 2.44. The van der Waals surface area contributed by atoms with E-state index in [4.69, 9.17) is 9.97 Å². The zero-order valence-corrected chi connectivity index (χ0v) is 49.7. The summed E-state index contributed by atoms with van der Waals surface area (Å²) in [4.78, 5) is 33.5. The summed E-state index contributed by atoms with van der Waals surface area (Å²) in [7, 11) is 0. The fourth-order valence-electron chi connectivity index (χ4n) is 10.8. The van der Waals surface area contributed by atoms with Gasteiger partial charge in [0, 0.05) is 38.8 Å². The highest BCUT2D eigenvalue weighted by molar-refractivity contribution is 6.06. The van der Waals surface area contributed by atoms with Gasteiger partial charge in [-0.25, -0.2) is 9.97 Å². The first kappa shape index (κ1) is 54.0. The Balaban J connectivity index is 1.45. The SMILES string of the molecule is CC(C)(C)c1cc(-c2c3nc(c(-c4cc(C(C)(C)C)cc(C(C)(C)C)c4)c4ccc([nH]4)c(-c4cc(C(C)(C)C)cc(C(C)(C)C)c4)c4nc(c(C=O)c5ccc2[nH]5)C(c2ccc5ccccc5c2)=C4)C=C3)cc(C(C)(C)C)c1. The zero-order valence-electron chi connectivity index (χ0n) is 49.7. The van der Waals surface area contributed by atoms with Crippen molar-refractivity contribution in [2.75, 3.05) is 0 Å². The van der Waals surface area contributed by atoms with Crippen molar-refractivity contribution in [1.29, 1.82) is 0 Å². The van der Waals surface area contributed by atoms with Crippen molar-refractivity contribution in [3.8, 4) is 33.4 Å². The number of carbonyl (C=O) groups is 1. The van der Waals surface area contributed by atoms with Gasteiger partial charge >= 0.3 is 0 Å². The molecule has 0 saturated heterocycles. The van der Waals surface area contributed by atoms with Gasteiger partial charge < -0.3 is 9.97 Å². The Labute approximate surface area is 464 Å². The van der Waals surface area contributed by atoms with Crippen molar-refractivity contribution < 1.29 is 4.79 Å². The maximum absolute atomic E-state index is 14.1. The Morgan fingerprint density at radius 3 is 1.10 bits per heavy atom. The van der Waals surface area contributed by atoms with Gasteiger partial charge in [0.25, 0.3) is 0 Å². The standard InChI is InChI=1S/C73H80N4O/c1-68(2,3)49-32-46(33-50(38-49)69(4,5)6)64-58-26-25-57(74-58)56(42-78)67-55(45-24-23-43-21-19-20-22-44(43)31-45)41-63(77-67)66(48-36-53(72(13,14)15)40-54(37-48)73(16,17)18)62-30-29-61(76-62)65(60-28-27-59(64)75-60)47-34-51(70(7,8)9)39-52(35-47)71(10,11)12/h19-42,74,76H,1-18H3. The van der Waals surface area contributed by atoms with Crippen molar-refractivity contribution in [2.24, 2.45) is 0 Å². The quantitative estimate of drug-likeness (QED) is 0.169. The largest absolute Gasteiger partial charge is 0.354 e. The van der Waals surface area contributed by atoms with Crippen LogP contribution in [0.5, 0.6) is 0 Å². The van der Waals surface area contributed by atoms with Gasteiger partial charge in [0.2, 0.25) is 0 Å². The van der Waals surface area contributed by atoms with Crippen LogP contribution < -0.4 is 0 Å². The summed E-state index contributed by atoms with van der Waals surface area (Å²) >= 11 is 0. The van der Waals surface area contributed by atoms with Crippen LogP contribution in [-0.2, 0) is 32.5 Å². The lowest BCUT2D eigenvalue weighted by atomic mass is 9.78. The molecule has 0 spiro atoms. The number of nitrogens with zero attached hydrogens (tertiary/aromatic N) is 2. The van der Waals surface area contributed by atoms with E-state index in [1.54, 1.807) is 0 Å². The first-order valence-electron chi connectivity index (χ1n) is 28.0. The molecule has 0 radical (unpaired) electrons. The second-order valence-electron chi connectivity index (χ2n) is 28.3. The Kier molecular flexibility index (Phi) is 13.1. The number of benzene rings is 5. The van der Waals surface area contributed by atoms with E-state index in [0.29, 0.717) is 16.8 Å². The molecule has 0 unspecified atom stereocenters. The van der Waals surface area contributed by atoms with Gasteiger partial charge in [-0.1, -0.05) is 216 Å². The number of H-pyrrole nitrogens is 2. The molecule has 5 heterocycles. The molecule has 2 N–H and O–H groups in total. The van der Waals surface area contributed by atoms with E-state index in [1.807, 2.05) is 6.07 Å². The Morgan fingerprint density at radius 2 is 0.718 bits per heavy atom. The number of aromatic amines is 2. The van der Waals surface area contributed by atoms with Crippen LogP contribution in [0.2, 0.25) is 0 Å². The topological polar surface area (TPSA) is 74.4 Å². The van der Waals surface area contributed by atoms with Crippen molar-refractivity contribution in [1.82, 2.24) is 19.9 Å². The molecule has 3 aromatic heterocycles. The molecular weight excluding hydrogens is 949 g/mol. The number of carbonyl (C=O) groups excluding carboxylic acids is 1. The summed E-state index contributed by atoms with van der Waals surface area (Å²) in [5.74, 6) is 0. The van der Waals surface area contributed by atoms with E-state index < -0.39 is 0 Å². The van der Waals surface area contributed by atoms with E-state index in [1.165, 1.54) is 33.4 Å². The molecule has 5 heteroatoms. The third-order valence-corrected chi connectivity index (χ3v) is 15.9. The van der Waals surface area contributed by atoms with Crippen LogP contribution in [0.15, 0.2) is 121 Å². The summed E-state index contributed by atoms with van der Waals surface area (Å²) in [6.45, 7) is 41.2. The van der Waals surface area contributed by atoms with E-state index in [0.717, 1.165) is 95.2 Å². The van der Waals surface area contributed by atoms with Crippen molar-refractivity contribution in [3.05, 3.63) is 189 Å². The average molecular weight is 1030 g/mol. The second-order valence-corrected chi connectivity index (χ2v) is 28.3. The highest BCUT2D eigenvalue weighted by atomic mass is 16.1. The number of fused-ring (bicyclic) bond motifs is 9. The molecule has 0 atom stereocenters. The third-order valence-electron chi connectivity index (χ3n) is 15.9. The van der Waals surface area contributed by atoms with E-state index in [2.05, 4.69) is 268 Å². The minimum Gasteiger partial charge on any atom is -0.354 e. The number of rotatable bonds is 5. The molecule has 2 aliphatic heterocycles. The number of hydrogen-bond donors (Lipinski definition) is 2. The normalized spacial score (nSPS) is 13.6. The minimum absolute atomic E-state index is 0.124. The molecule has 5 nitrogen and oxygen atoms in total. The van der Waals surface area contributed by atoms with Crippen LogP contribution in [-0.4, -0.2) is 26.2 Å². The molecule has 78 heavy (non-hydrogen) atoms. The van der Waals surface area contributed by atoms with Gasteiger partial charge in [-0.05, 0) is 147 Å². The van der Waals surface area contributed by atoms with Crippen LogP contribution in [0.4, 0.5) is 0 Å². The molecule has 398 valence electrons. The van der Waals surface area contributed by atoms with E-state index in [9.17, 15) is 4.79 Å². The van der Waals surface area contributed by atoms with Gasteiger partial charge in [0.15, 0.2) is 6.29 Å². The summed E-state index contributed by atoms with van der Waals surface area (Å²) in [6.07, 6.45) is 7.57. The van der Waals surface area contributed by atoms with Crippen LogP contribution in [0.1, 0.15) is 197 Å². The van der Waals surface area contributed by atoms with Crippen LogP contribution in [0, 0.1) is 0 Å². The predicted octanol–water partition coefficient (Wildman–Crippen LogP) is 19.8. The fourth-order valence-corrected chi connectivity index (χ4v) is 10.8. The predicted molar refractivity (Wildman–Crippen MR) is 335 cm³/mol. The first-order chi connectivity index (χ1) is 36.3. The Bertz CT molecular complexity index is 3880. The molecule has 0 aliphatic carbocycles. The summed E-state index contributed by atoms with van der Waals surface area (Å²) in [5.41, 5.74) is 21.7. The van der Waals surface area contributed by atoms with Crippen molar-refractivity contribution in [3.63, 3.8) is 0 Å². The molecule has 0 saturated carbocycles. The number of nitrogens with one attached hydrogen (secondary N) is 2. The van der Waals surface area contributed by atoms with Gasteiger partial charge in [0.1, 0.15) is 0 Å². The van der Waals surface area contributed by atoms with Crippen molar-refractivity contribution in [2.45, 2.75) is 157 Å². The number of aldehydes is 1. The Hall–Kier alpha value is -7.37. The number of hydrogen-bond acceptors (Lipinski definition) is 3. The lowest BCUT2D eigenvalue weighted by Crippen LogP contribution is -2.16. The highest BCUT2D eigenvalue weighted by Gasteiger charge is 2.29. The lowest BCUT2D eigenvalue weighted by molar-refractivity contribution is 0.112. The van der Waals surface area contributed by atoms with Crippen LogP contribution in [0.3, 0.4) is 0 Å². The first-order valence-corrected chi connectivity index (χ1v) is 28.0. The maximum Gasteiger partial charge on any atom is 0.154 e. The van der Waals surface area contributed by atoms with Gasteiger partial charge in [-0.3, -0.25) is 4.79 Å². The maximum atomic E-state index is 14.1.